The van der Waals surface area contributed by atoms with Crippen molar-refractivity contribution in [1.82, 2.24) is 0 Å². The molecule has 0 heterocycles. The Hall–Kier alpha value is -1.40. The summed E-state index contributed by atoms with van der Waals surface area (Å²) in [6.07, 6.45) is 3.59. The Kier molecular flexibility index (Phi) is 5.42. The van der Waals surface area contributed by atoms with Crippen molar-refractivity contribution in [2.45, 2.75) is 33.1 Å². The molecule has 1 rings (SSSR count). The number of hydrogen-bond acceptors (Lipinski definition) is 2. The Morgan fingerprint density at radius 2 is 1.87 bits per heavy atom. The highest BCUT2D eigenvalue weighted by Gasteiger charge is 1.86. The molecule has 0 aliphatic rings. The second kappa shape index (κ2) is 6.97. The lowest BCUT2D eigenvalue weighted by molar-refractivity contribution is 0.729. The fourth-order valence-corrected chi connectivity index (χ4v) is 1.20. The minimum Gasteiger partial charge on any atom is -0.225 e. The third-order valence-corrected chi connectivity index (χ3v) is 2.16. The molecule has 0 saturated heterocycles. The lowest BCUT2D eigenvalue weighted by Gasteiger charge is -1.91. The molecule has 0 unspecified atom stereocenters. The molecule has 2 heteroatoms. The lowest BCUT2D eigenvalue weighted by atomic mass is 10.2. The predicted molar refractivity (Wildman–Crippen MR) is 65.1 cm³/mol. The topological polar surface area (TPSA) is 24.7 Å². The lowest BCUT2D eigenvalue weighted by Crippen LogP contribution is -1.78. The molecule has 1 aromatic rings. The van der Waals surface area contributed by atoms with E-state index in [1.165, 1.54) is 18.4 Å². The SMILES string of the molecule is CCCCCN=C=Nc1ccc(C)cc1. The molecular weight excluding hydrogens is 184 g/mol. The molecule has 0 atom stereocenters. The van der Waals surface area contributed by atoms with Gasteiger partial charge >= 0.3 is 0 Å². The van der Waals surface area contributed by atoms with Crippen LogP contribution in [0, 0.1) is 6.92 Å². The number of aliphatic imine (C=N–C) groups is 2. The van der Waals surface area contributed by atoms with Gasteiger partial charge in [-0.15, -0.1) is 0 Å². The largest absolute Gasteiger partial charge is 0.225 e. The van der Waals surface area contributed by atoms with Crippen LogP contribution in [0.5, 0.6) is 0 Å². The Labute approximate surface area is 91.8 Å². The fraction of sp³-hybridized carbons (Fsp3) is 0.462. The maximum absolute atomic E-state index is 4.13. The zero-order valence-electron chi connectivity index (χ0n) is 9.53. The van der Waals surface area contributed by atoms with Crippen molar-refractivity contribution in [2.24, 2.45) is 9.98 Å². The predicted octanol–water partition coefficient (Wildman–Crippen LogP) is 3.99. The van der Waals surface area contributed by atoms with Gasteiger partial charge in [0, 0.05) is 6.54 Å². The van der Waals surface area contributed by atoms with E-state index < -0.39 is 0 Å². The summed E-state index contributed by atoms with van der Waals surface area (Å²) in [6.45, 7) is 5.08. The van der Waals surface area contributed by atoms with Crippen molar-refractivity contribution < 1.29 is 0 Å². The van der Waals surface area contributed by atoms with Crippen LogP contribution >= 0.6 is 0 Å². The Bertz CT molecular complexity index is 332. The van der Waals surface area contributed by atoms with Crippen LogP contribution in [-0.2, 0) is 0 Å². The maximum Gasteiger partial charge on any atom is 0.0948 e. The van der Waals surface area contributed by atoms with E-state index in [1.54, 1.807) is 0 Å². The van der Waals surface area contributed by atoms with Crippen LogP contribution in [-0.4, -0.2) is 12.6 Å². The van der Waals surface area contributed by atoms with Crippen LogP contribution < -0.4 is 0 Å². The first-order valence-corrected chi connectivity index (χ1v) is 5.52. The minimum atomic E-state index is 0.837. The number of unbranched alkanes of at least 4 members (excludes halogenated alkanes) is 2. The number of aryl methyl sites for hydroxylation is 1. The number of nitrogens with zero attached hydrogens (tertiary/aromatic N) is 2. The van der Waals surface area contributed by atoms with Crippen LogP contribution in [0.25, 0.3) is 0 Å². The van der Waals surface area contributed by atoms with Crippen LogP contribution in [0.15, 0.2) is 34.3 Å². The molecule has 0 saturated carbocycles. The zero-order valence-corrected chi connectivity index (χ0v) is 9.53. The summed E-state index contributed by atoms with van der Waals surface area (Å²) in [5.74, 6) is 0. The molecule has 2 nitrogen and oxygen atoms in total. The smallest absolute Gasteiger partial charge is 0.0948 e. The van der Waals surface area contributed by atoms with Crippen molar-refractivity contribution in [3.8, 4) is 0 Å². The van der Waals surface area contributed by atoms with Gasteiger partial charge in [0.05, 0.1) is 11.7 Å². The summed E-state index contributed by atoms with van der Waals surface area (Å²) in [6, 6.07) is 10.8. The van der Waals surface area contributed by atoms with E-state index in [-0.39, 0.29) is 0 Å². The standard InChI is InChI=1S/C13H18N2/c1-3-4-5-10-14-11-15-13-8-6-12(2)7-9-13/h6-9H,3-5,10H2,1-2H3. The summed E-state index contributed by atoms with van der Waals surface area (Å²) in [5, 5.41) is 0. The molecule has 0 N–H and O–H groups in total. The molecule has 0 radical (unpaired) electrons. The highest BCUT2D eigenvalue weighted by molar-refractivity contribution is 5.52. The normalized spacial score (nSPS) is 9.47. The van der Waals surface area contributed by atoms with Gasteiger partial charge in [-0.2, -0.15) is 4.99 Å². The second-order valence-electron chi connectivity index (χ2n) is 3.64. The van der Waals surface area contributed by atoms with Crippen molar-refractivity contribution >= 4 is 11.7 Å². The average molecular weight is 202 g/mol. The van der Waals surface area contributed by atoms with E-state index >= 15 is 0 Å². The Balaban J connectivity index is 2.40. The van der Waals surface area contributed by atoms with Gasteiger partial charge in [0.2, 0.25) is 0 Å². The van der Waals surface area contributed by atoms with Crippen molar-refractivity contribution in [3.63, 3.8) is 0 Å². The molecule has 1 aromatic carbocycles. The van der Waals surface area contributed by atoms with E-state index in [0.717, 1.165) is 18.7 Å². The third-order valence-electron chi connectivity index (χ3n) is 2.16. The average Bonchev–Trinajstić information content (AvgIpc) is 2.26. The molecule has 0 aliphatic heterocycles. The molecule has 80 valence electrons. The minimum absolute atomic E-state index is 0.837. The van der Waals surface area contributed by atoms with Crippen molar-refractivity contribution in [1.29, 1.82) is 0 Å². The molecule has 0 aliphatic carbocycles. The van der Waals surface area contributed by atoms with Gasteiger partial charge in [0.1, 0.15) is 0 Å². The highest BCUT2D eigenvalue weighted by Crippen LogP contribution is 2.10. The van der Waals surface area contributed by atoms with Crippen LogP contribution in [0.3, 0.4) is 0 Å². The highest BCUT2D eigenvalue weighted by atomic mass is 14.8. The van der Waals surface area contributed by atoms with E-state index in [0.29, 0.717) is 0 Å². The third kappa shape index (κ3) is 5.14. The second-order valence-corrected chi connectivity index (χ2v) is 3.64. The van der Waals surface area contributed by atoms with Crippen LogP contribution in [0.4, 0.5) is 5.69 Å². The molecular formula is C13H18N2. The van der Waals surface area contributed by atoms with Gasteiger partial charge in [-0.25, -0.2) is 4.99 Å². The molecule has 0 bridgehead atoms. The molecule has 0 fully saturated rings. The van der Waals surface area contributed by atoms with E-state index in [9.17, 15) is 0 Å². The van der Waals surface area contributed by atoms with E-state index in [2.05, 4.69) is 29.8 Å². The van der Waals surface area contributed by atoms with E-state index in [4.69, 9.17) is 0 Å². The van der Waals surface area contributed by atoms with Crippen LogP contribution in [0.2, 0.25) is 0 Å². The number of benzene rings is 1. The first-order chi connectivity index (χ1) is 7.33. The van der Waals surface area contributed by atoms with Gasteiger partial charge in [-0.3, -0.25) is 0 Å². The number of rotatable bonds is 5. The quantitative estimate of drug-likeness (QED) is 0.509. The maximum atomic E-state index is 4.13. The zero-order chi connectivity index (χ0) is 10.9. The Morgan fingerprint density at radius 1 is 1.13 bits per heavy atom. The van der Waals surface area contributed by atoms with E-state index in [1.807, 2.05) is 24.3 Å². The van der Waals surface area contributed by atoms with Gasteiger partial charge in [-0.05, 0) is 25.5 Å². The number of hydrogen-bond donors (Lipinski definition) is 0. The molecule has 0 spiro atoms. The van der Waals surface area contributed by atoms with Gasteiger partial charge < -0.3 is 0 Å². The fourth-order valence-electron chi connectivity index (χ4n) is 1.20. The summed E-state index contributed by atoms with van der Waals surface area (Å²) in [5.41, 5.74) is 2.16. The summed E-state index contributed by atoms with van der Waals surface area (Å²) in [4.78, 5) is 8.24. The summed E-state index contributed by atoms with van der Waals surface area (Å²) in [7, 11) is 0. The van der Waals surface area contributed by atoms with Crippen LogP contribution in [0.1, 0.15) is 31.7 Å². The van der Waals surface area contributed by atoms with Gasteiger partial charge in [0.25, 0.3) is 0 Å². The molecule has 0 amide bonds. The first kappa shape index (κ1) is 11.7. The van der Waals surface area contributed by atoms with Crippen molar-refractivity contribution in [2.75, 3.05) is 6.54 Å². The van der Waals surface area contributed by atoms with Crippen molar-refractivity contribution in [3.05, 3.63) is 29.8 Å². The molecule has 0 aromatic heterocycles. The van der Waals surface area contributed by atoms with Gasteiger partial charge in [-0.1, -0.05) is 37.5 Å². The summed E-state index contributed by atoms with van der Waals surface area (Å²) < 4.78 is 0. The monoisotopic (exact) mass is 202 g/mol. The summed E-state index contributed by atoms with van der Waals surface area (Å²) >= 11 is 0. The van der Waals surface area contributed by atoms with Gasteiger partial charge in [0.15, 0.2) is 0 Å². The molecule has 15 heavy (non-hydrogen) atoms. The first-order valence-electron chi connectivity index (χ1n) is 5.52. The Morgan fingerprint density at radius 3 is 2.53 bits per heavy atom.